The molecule has 1 N–H and O–H groups in total. The number of fused-ring (bicyclic) bond motifs is 1. The molecule has 3 aromatic rings. The summed E-state index contributed by atoms with van der Waals surface area (Å²) in [6.45, 7) is 1.89. The van der Waals surface area contributed by atoms with Gasteiger partial charge in [-0.3, -0.25) is 9.55 Å². The van der Waals surface area contributed by atoms with E-state index in [0.717, 1.165) is 5.56 Å². The van der Waals surface area contributed by atoms with E-state index in [-0.39, 0.29) is 17.4 Å². The number of ether oxygens (including phenoxy) is 1. The molecule has 0 unspecified atom stereocenters. The Morgan fingerprint density at radius 3 is 2.73 bits per heavy atom. The normalized spacial score (nSPS) is 12.3. The summed E-state index contributed by atoms with van der Waals surface area (Å²) in [5, 5.41) is 0. The molecule has 7 heteroatoms. The molecule has 0 saturated heterocycles. The Labute approximate surface area is 125 Å². The Hall–Kier alpha value is -2.96. The Morgan fingerprint density at radius 2 is 2.05 bits per heavy atom. The quantitative estimate of drug-likeness (QED) is 0.740. The number of carbonyl (C=O) groups excluding carboxylic acids is 1. The maximum Gasteiger partial charge on any atom is 0.358 e. The number of methoxy groups -OCH3 is 1. The van der Waals surface area contributed by atoms with E-state index in [2.05, 4.69) is 19.7 Å². The number of hydrogen-bond donors (Lipinski definition) is 1. The lowest BCUT2D eigenvalue weighted by Crippen LogP contribution is -2.21. The molecule has 7 nitrogen and oxygen atoms in total. The fourth-order valence-corrected chi connectivity index (χ4v) is 2.34. The van der Waals surface area contributed by atoms with Crippen LogP contribution in [0, 0.1) is 0 Å². The molecule has 22 heavy (non-hydrogen) atoms. The number of carbonyl (C=O) groups is 1. The third-order valence-electron chi connectivity index (χ3n) is 3.49. The van der Waals surface area contributed by atoms with Gasteiger partial charge in [-0.2, -0.15) is 0 Å². The summed E-state index contributed by atoms with van der Waals surface area (Å²) >= 11 is 0. The molecule has 0 bridgehead atoms. The number of H-pyrrole nitrogens is 1. The highest BCUT2D eigenvalue weighted by Crippen LogP contribution is 2.19. The number of rotatable bonds is 3. The highest BCUT2D eigenvalue weighted by molar-refractivity contribution is 5.88. The SMILES string of the molecule is COC(=O)c1cnc2[nH]c(=O)n([C@@H](C)c3ccccc3)c2n1. The summed E-state index contributed by atoms with van der Waals surface area (Å²) in [6.07, 6.45) is 1.28. The molecule has 2 heterocycles. The van der Waals surface area contributed by atoms with Gasteiger partial charge in [0.25, 0.3) is 0 Å². The first-order valence-electron chi connectivity index (χ1n) is 6.72. The van der Waals surface area contributed by atoms with Crippen LogP contribution in [-0.2, 0) is 4.74 Å². The summed E-state index contributed by atoms with van der Waals surface area (Å²) in [4.78, 5) is 34.7. The Morgan fingerprint density at radius 1 is 1.32 bits per heavy atom. The van der Waals surface area contributed by atoms with Crippen molar-refractivity contribution in [2.24, 2.45) is 0 Å². The molecular formula is C15H14N4O3. The van der Waals surface area contributed by atoms with Gasteiger partial charge in [0.1, 0.15) is 0 Å². The van der Waals surface area contributed by atoms with Crippen molar-refractivity contribution >= 4 is 17.3 Å². The van der Waals surface area contributed by atoms with Crippen molar-refractivity contribution in [2.75, 3.05) is 7.11 Å². The van der Waals surface area contributed by atoms with Crippen LogP contribution in [0.25, 0.3) is 11.3 Å². The average Bonchev–Trinajstić information content (AvgIpc) is 2.89. The standard InChI is InChI=1S/C15H14N4O3/c1-9(10-6-4-3-5-7-10)19-13-12(18-15(19)21)16-8-11(17-13)14(20)22-2/h3-9H,1-2H3,(H,16,18,21)/t9-/m0/s1. The zero-order valence-corrected chi connectivity index (χ0v) is 12.1. The van der Waals surface area contributed by atoms with Crippen LogP contribution < -0.4 is 5.69 Å². The van der Waals surface area contributed by atoms with Crippen molar-refractivity contribution in [3.63, 3.8) is 0 Å². The highest BCUT2D eigenvalue weighted by Gasteiger charge is 2.18. The van der Waals surface area contributed by atoms with Crippen LogP contribution in [0.2, 0.25) is 0 Å². The zero-order valence-electron chi connectivity index (χ0n) is 12.1. The maximum atomic E-state index is 12.2. The summed E-state index contributed by atoms with van der Waals surface area (Å²) in [5.41, 5.74) is 1.34. The predicted molar refractivity (Wildman–Crippen MR) is 79.7 cm³/mol. The van der Waals surface area contributed by atoms with E-state index in [1.54, 1.807) is 0 Å². The van der Waals surface area contributed by atoms with Crippen LogP contribution in [0.5, 0.6) is 0 Å². The van der Waals surface area contributed by atoms with Gasteiger partial charge >= 0.3 is 11.7 Å². The molecule has 0 aliphatic carbocycles. The lowest BCUT2D eigenvalue weighted by molar-refractivity contribution is 0.0594. The second kappa shape index (κ2) is 5.44. The number of hydrogen-bond acceptors (Lipinski definition) is 5. The molecule has 3 rings (SSSR count). The predicted octanol–water partition coefficient (Wildman–Crippen LogP) is 1.52. The number of aromatic nitrogens is 4. The molecule has 0 saturated carbocycles. The van der Waals surface area contributed by atoms with Crippen LogP contribution in [0.3, 0.4) is 0 Å². The average molecular weight is 298 g/mol. The first-order valence-corrected chi connectivity index (χ1v) is 6.72. The van der Waals surface area contributed by atoms with Crippen molar-refractivity contribution in [3.8, 4) is 0 Å². The molecule has 0 amide bonds. The van der Waals surface area contributed by atoms with Crippen molar-refractivity contribution in [3.05, 3.63) is 58.3 Å². The van der Waals surface area contributed by atoms with Crippen molar-refractivity contribution in [1.82, 2.24) is 19.5 Å². The number of esters is 1. The highest BCUT2D eigenvalue weighted by atomic mass is 16.5. The van der Waals surface area contributed by atoms with Crippen LogP contribution in [0.15, 0.2) is 41.3 Å². The largest absolute Gasteiger partial charge is 0.464 e. The Kier molecular flexibility index (Phi) is 3.46. The van der Waals surface area contributed by atoms with Gasteiger partial charge in [-0.05, 0) is 12.5 Å². The van der Waals surface area contributed by atoms with Crippen molar-refractivity contribution < 1.29 is 9.53 Å². The Bertz CT molecular complexity index is 883. The number of nitrogens with one attached hydrogen (secondary N) is 1. The van der Waals surface area contributed by atoms with Crippen LogP contribution in [0.4, 0.5) is 0 Å². The molecule has 0 radical (unpaired) electrons. The third-order valence-corrected chi connectivity index (χ3v) is 3.49. The van der Waals surface area contributed by atoms with Crippen LogP contribution >= 0.6 is 0 Å². The summed E-state index contributed by atoms with van der Waals surface area (Å²) in [6, 6.07) is 9.31. The van der Waals surface area contributed by atoms with E-state index >= 15 is 0 Å². The monoisotopic (exact) mass is 298 g/mol. The maximum absolute atomic E-state index is 12.2. The number of nitrogens with zero attached hydrogens (tertiary/aromatic N) is 3. The zero-order chi connectivity index (χ0) is 15.7. The molecule has 112 valence electrons. The lowest BCUT2D eigenvalue weighted by atomic mass is 10.1. The van der Waals surface area contributed by atoms with Gasteiger partial charge in [-0.1, -0.05) is 30.3 Å². The number of aromatic amines is 1. The van der Waals surface area contributed by atoms with Gasteiger partial charge < -0.3 is 4.74 Å². The fraction of sp³-hybridized carbons (Fsp3) is 0.200. The van der Waals surface area contributed by atoms with Crippen LogP contribution in [0.1, 0.15) is 29.0 Å². The van der Waals surface area contributed by atoms with E-state index in [1.807, 2.05) is 37.3 Å². The molecule has 1 atom stereocenters. The molecule has 1 aromatic carbocycles. The lowest BCUT2D eigenvalue weighted by Gasteiger charge is -2.13. The minimum Gasteiger partial charge on any atom is -0.464 e. The van der Waals surface area contributed by atoms with E-state index in [1.165, 1.54) is 17.9 Å². The van der Waals surface area contributed by atoms with Gasteiger partial charge in [0.2, 0.25) is 0 Å². The second-order valence-electron chi connectivity index (χ2n) is 4.81. The topological polar surface area (TPSA) is 89.9 Å². The molecule has 0 aliphatic heterocycles. The van der Waals surface area contributed by atoms with Gasteiger partial charge in [0.15, 0.2) is 17.0 Å². The second-order valence-corrected chi connectivity index (χ2v) is 4.81. The van der Waals surface area contributed by atoms with Crippen LogP contribution in [-0.4, -0.2) is 32.6 Å². The first kappa shape index (κ1) is 14.0. The summed E-state index contributed by atoms with van der Waals surface area (Å²) in [7, 11) is 1.27. The van der Waals surface area contributed by atoms with Crippen molar-refractivity contribution in [1.29, 1.82) is 0 Å². The smallest absolute Gasteiger partial charge is 0.358 e. The fourth-order valence-electron chi connectivity index (χ4n) is 2.34. The molecular weight excluding hydrogens is 284 g/mol. The minimum atomic E-state index is -0.595. The third kappa shape index (κ3) is 2.26. The van der Waals surface area contributed by atoms with Gasteiger partial charge in [-0.15, -0.1) is 0 Å². The van der Waals surface area contributed by atoms with Gasteiger partial charge in [0, 0.05) is 0 Å². The van der Waals surface area contributed by atoms with E-state index in [0.29, 0.717) is 11.3 Å². The number of benzene rings is 1. The number of imidazole rings is 1. The molecule has 0 fully saturated rings. The van der Waals surface area contributed by atoms with E-state index < -0.39 is 5.97 Å². The summed E-state index contributed by atoms with van der Waals surface area (Å²) < 4.78 is 6.11. The van der Waals surface area contributed by atoms with E-state index in [9.17, 15) is 9.59 Å². The molecule has 0 spiro atoms. The van der Waals surface area contributed by atoms with Crippen molar-refractivity contribution in [2.45, 2.75) is 13.0 Å². The Balaban J connectivity index is 2.18. The van der Waals surface area contributed by atoms with E-state index in [4.69, 9.17) is 0 Å². The van der Waals surface area contributed by atoms with Gasteiger partial charge in [0.05, 0.1) is 19.3 Å². The van der Waals surface area contributed by atoms with Gasteiger partial charge in [-0.25, -0.2) is 19.6 Å². The molecule has 0 aliphatic rings. The molecule has 2 aromatic heterocycles. The summed E-state index contributed by atoms with van der Waals surface area (Å²) in [5.74, 6) is -0.595. The minimum absolute atomic E-state index is 0.0583. The first-order chi connectivity index (χ1) is 10.6.